The Labute approximate surface area is 237 Å². The van der Waals surface area contributed by atoms with Gasteiger partial charge in [0.25, 0.3) is 0 Å². The van der Waals surface area contributed by atoms with E-state index in [1.54, 1.807) is 6.20 Å². The number of carboxylic acids is 2. The molecule has 0 aromatic carbocycles. The number of alkyl halides is 6. The molecule has 10 nitrogen and oxygen atoms in total. The van der Waals surface area contributed by atoms with E-state index in [4.69, 9.17) is 24.5 Å². The van der Waals surface area contributed by atoms with Gasteiger partial charge >= 0.3 is 24.3 Å². The molecule has 234 valence electrons. The van der Waals surface area contributed by atoms with Gasteiger partial charge in [-0.05, 0) is 44.2 Å². The summed E-state index contributed by atoms with van der Waals surface area (Å²) in [6.45, 7) is 5.09. The van der Waals surface area contributed by atoms with Gasteiger partial charge in [-0.15, -0.1) is 0 Å². The van der Waals surface area contributed by atoms with Crippen molar-refractivity contribution in [3.8, 4) is 0 Å². The van der Waals surface area contributed by atoms with Crippen LogP contribution in [0.4, 0.5) is 26.3 Å². The van der Waals surface area contributed by atoms with Gasteiger partial charge < -0.3 is 29.7 Å². The molecule has 4 rings (SSSR count). The number of carbonyl (C=O) groups excluding carboxylic acids is 1. The Morgan fingerprint density at radius 3 is 2.21 bits per heavy atom. The standard InChI is InChI=1S/C22H30N4O2.2C2HF3O2/c1-25-13-18(14-28-15-20-5-2-3-10-24-20)22(16-25)9-12-26(17-22)21(27)8-7-19-6-4-11-23-19;2*3-2(4,5)1(6)7/h2-6,10-11,18,23H,7-9,12-17H2,1H3;2*(H,6,7)/t18-,22+;;/m0../s1. The number of aromatic nitrogens is 2. The fraction of sp³-hybridized carbons (Fsp3) is 0.538. The third kappa shape index (κ3) is 11.0. The maximum atomic E-state index is 12.7. The molecule has 1 amide bonds. The molecule has 42 heavy (non-hydrogen) atoms. The second-order valence-corrected chi connectivity index (χ2v) is 9.96. The molecule has 3 N–H and O–H groups in total. The van der Waals surface area contributed by atoms with Gasteiger partial charge in [-0.3, -0.25) is 9.78 Å². The van der Waals surface area contributed by atoms with Crippen LogP contribution in [0.25, 0.3) is 0 Å². The van der Waals surface area contributed by atoms with Gasteiger partial charge in [-0.1, -0.05) is 6.07 Å². The minimum absolute atomic E-state index is 0.168. The van der Waals surface area contributed by atoms with Crippen LogP contribution in [0.5, 0.6) is 0 Å². The van der Waals surface area contributed by atoms with E-state index in [-0.39, 0.29) is 11.3 Å². The van der Waals surface area contributed by atoms with Crippen LogP contribution in [-0.4, -0.2) is 100 Å². The summed E-state index contributed by atoms with van der Waals surface area (Å²) in [6, 6.07) is 9.93. The summed E-state index contributed by atoms with van der Waals surface area (Å²) in [7, 11) is 2.18. The van der Waals surface area contributed by atoms with E-state index in [2.05, 4.69) is 26.8 Å². The first kappa shape index (κ1) is 34.5. The molecule has 2 aromatic heterocycles. The van der Waals surface area contributed by atoms with Crippen molar-refractivity contribution in [2.24, 2.45) is 11.3 Å². The predicted molar refractivity (Wildman–Crippen MR) is 135 cm³/mol. The highest BCUT2D eigenvalue weighted by molar-refractivity contribution is 5.77. The third-order valence-corrected chi connectivity index (χ3v) is 6.77. The molecule has 2 aromatic rings. The minimum Gasteiger partial charge on any atom is -0.475 e. The van der Waals surface area contributed by atoms with Crippen LogP contribution in [0.2, 0.25) is 0 Å². The number of nitrogens with zero attached hydrogens (tertiary/aromatic N) is 3. The number of amides is 1. The summed E-state index contributed by atoms with van der Waals surface area (Å²) in [5.74, 6) is -4.78. The van der Waals surface area contributed by atoms with Gasteiger partial charge in [0.1, 0.15) is 0 Å². The highest BCUT2D eigenvalue weighted by Crippen LogP contribution is 2.43. The van der Waals surface area contributed by atoms with Gasteiger partial charge in [0.2, 0.25) is 5.91 Å². The highest BCUT2D eigenvalue weighted by atomic mass is 19.4. The lowest BCUT2D eigenvalue weighted by atomic mass is 9.77. The molecule has 2 atom stereocenters. The molecule has 2 fully saturated rings. The second-order valence-electron chi connectivity index (χ2n) is 9.96. The van der Waals surface area contributed by atoms with Crippen molar-refractivity contribution in [3.05, 3.63) is 54.1 Å². The number of pyridine rings is 1. The van der Waals surface area contributed by atoms with Crippen molar-refractivity contribution in [3.63, 3.8) is 0 Å². The Morgan fingerprint density at radius 2 is 1.69 bits per heavy atom. The van der Waals surface area contributed by atoms with E-state index in [1.165, 1.54) is 0 Å². The van der Waals surface area contributed by atoms with Gasteiger partial charge in [0.05, 0.1) is 18.9 Å². The summed E-state index contributed by atoms with van der Waals surface area (Å²) in [4.78, 5) is 42.5. The van der Waals surface area contributed by atoms with Gasteiger partial charge in [-0.2, -0.15) is 26.3 Å². The SMILES string of the molecule is CN1C[C@@H](COCc2ccccn2)[C@]2(CCN(C(=O)CCc3ccc[nH]3)C2)C1.O=C(O)C(F)(F)F.O=C(O)C(F)(F)F. The smallest absolute Gasteiger partial charge is 0.475 e. The topological polar surface area (TPSA) is 136 Å². The first-order chi connectivity index (χ1) is 19.5. The van der Waals surface area contributed by atoms with Crippen molar-refractivity contribution in [1.82, 2.24) is 19.8 Å². The number of H-pyrrole nitrogens is 1. The molecule has 0 unspecified atom stereocenters. The number of aliphatic carboxylic acids is 2. The van der Waals surface area contributed by atoms with E-state index in [0.29, 0.717) is 18.9 Å². The molecule has 2 aliphatic rings. The largest absolute Gasteiger partial charge is 0.490 e. The van der Waals surface area contributed by atoms with Crippen LogP contribution >= 0.6 is 0 Å². The van der Waals surface area contributed by atoms with Gasteiger partial charge in [0.15, 0.2) is 0 Å². The summed E-state index contributed by atoms with van der Waals surface area (Å²) in [6.07, 6.45) is -4.02. The lowest BCUT2D eigenvalue weighted by Gasteiger charge is -2.30. The van der Waals surface area contributed by atoms with Crippen LogP contribution in [0, 0.1) is 11.3 Å². The predicted octanol–water partition coefficient (Wildman–Crippen LogP) is 3.61. The number of nitrogens with one attached hydrogen (secondary N) is 1. The molecule has 1 spiro atoms. The maximum absolute atomic E-state index is 12.7. The van der Waals surface area contributed by atoms with E-state index in [1.807, 2.05) is 36.5 Å². The number of aromatic amines is 1. The molecule has 0 saturated carbocycles. The van der Waals surface area contributed by atoms with Crippen molar-refractivity contribution in [1.29, 1.82) is 0 Å². The fourth-order valence-electron chi connectivity index (χ4n) is 4.81. The van der Waals surface area contributed by atoms with Crippen LogP contribution in [-0.2, 0) is 32.1 Å². The fourth-order valence-corrected chi connectivity index (χ4v) is 4.81. The zero-order valence-electron chi connectivity index (χ0n) is 22.6. The number of aryl methyl sites for hydroxylation is 1. The lowest BCUT2D eigenvalue weighted by Crippen LogP contribution is -2.38. The molecule has 2 saturated heterocycles. The van der Waals surface area contributed by atoms with Crippen LogP contribution in [0.3, 0.4) is 0 Å². The van der Waals surface area contributed by atoms with Gasteiger partial charge in [-0.25, -0.2) is 9.59 Å². The normalized spacial score (nSPS) is 20.5. The molecule has 16 heteroatoms. The Morgan fingerprint density at radius 1 is 1.05 bits per heavy atom. The quantitative estimate of drug-likeness (QED) is 0.405. The first-order valence-electron chi connectivity index (χ1n) is 12.7. The van der Waals surface area contributed by atoms with E-state index < -0.39 is 24.3 Å². The van der Waals surface area contributed by atoms with Crippen molar-refractivity contribution >= 4 is 17.8 Å². The molecular formula is C26H32F6N4O6. The lowest BCUT2D eigenvalue weighted by molar-refractivity contribution is -0.193. The summed E-state index contributed by atoms with van der Waals surface area (Å²) in [5, 5.41) is 14.2. The molecule has 0 radical (unpaired) electrons. The Hall–Kier alpha value is -3.66. The van der Waals surface area contributed by atoms with Crippen molar-refractivity contribution in [2.75, 3.05) is 39.8 Å². The monoisotopic (exact) mass is 610 g/mol. The van der Waals surface area contributed by atoms with Crippen molar-refractivity contribution < 1.29 is 55.7 Å². The number of hydrogen-bond acceptors (Lipinski definition) is 6. The summed E-state index contributed by atoms with van der Waals surface area (Å²) < 4.78 is 69.5. The van der Waals surface area contributed by atoms with Crippen molar-refractivity contribution in [2.45, 2.75) is 38.2 Å². The minimum atomic E-state index is -5.08. The summed E-state index contributed by atoms with van der Waals surface area (Å²) in [5.41, 5.74) is 2.26. The van der Waals surface area contributed by atoms with Crippen LogP contribution < -0.4 is 0 Å². The average Bonchev–Trinajstić information content (AvgIpc) is 3.64. The number of ether oxygens (including phenoxy) is 1. The zero-order chi connectivity index (χ0) is 31.6. The zero-order valence-corrected chi connectivity index (χ0v) is 22.6. The molecule has 0 bridgehead atoms. The third-order valence-electron chi connectivity index (χ3n) is 6.77. The number of halogens is 6. The Bertz CT molecular complexity index is 1120. The van der Waals surface area contributed by atoms with Crippen LogP contribution in [0.15, 0.2) is 42.7 Å². The van der Waals surface area contributed by atoms with Gasteiger partial charge in [0, 0.05) is 62.0 Å². The average molecular weight is 611 g/mol. The Balaban J connectivity index is 0.000000367. The highest BCUT2D eigenvalue weighted by Gasteiger charge is 2.50. The van der Waals surface area contributed by atoms with Crippen LogP contribution in [0.1, 0.15) is 24.2 Å². The number of carbonyl (C=O) groups is 3. The maximum Gasteiger partial charge on any atom is 0.490 e. The molecule has 2 aliphatic heterocycles. The second kappa shape index (κ2) is 15.0. The van der Waals surface area contributed by atoms with E-state index in [9.17, 15) is 31.1 Å². The Kier molecular flexibility index (Phi) is 12.3. The number of likely N-dealkylation sites (tertiary alicyclic amines) is 2. The molecule has 4 heterocycles. The number of carboxylic acid groups (broad SMARTS) is 2. The molecule has 0 aliphatic carbocycles. The first-order valence-corrected chi connectivity index (χ1v) is 12.7. The van der Waals surface area contributed by atoms with E-state index >= 15 is 0 Å². The number of rotatable bonds is 7. The molecular weight excluding hydrogens is 578 g/mol. The van der Waals surface area contributed by atoms with E-state index in [0.717, 1.165) is 57.0 Å². The summed E-state index contributed by atoms with van der Waals surface area (Å²) >= 11 is 0. The number of hydrogen-bond donors (Lipinski definition) is 3.